The molecule has 0 saturated carbocycles. The molecule has 0 aromatic heterocycles. The molecular weight excluding hydrogens is 246 g/mol. The molecule has 1 atom stereocenters. The van der Waals surface area contributed by atoms with E-state index in [1.54, 1.807) is 7.11 Å². The lowest BCUT2D eigenvalue weighted by Crippen LogP contribution is -2.50. The molecule has 108 valence electrons. The van der Waals surface area contributed by atoms with Gasteiger partial charge in [-0.3, -0.25) is 0 Å². The van der Waals surface area contributed by atoms with E-state index < -0.39 is 0 Å². The molecule has 0 aliphatic rings. The molecule has 20 heavy (non-hydrogen) atoms. The maximum atomic E-state index is 6.48. The Morgan fingerprint density at radius 3 is 2.35 bits per heavy atom. The van der Waals surface area contributed by atoms with Crippen molar-refractivity contribution in [1.29, 1.82) is 0 Å². The van der Waals surface area contributed by atoms with Gasteiger partial charge in [0.1, 0.15) is 0 Å². The van der Waals surface area contributed by atoms with Crippen LogP contribution in [0, 0.1) is 0 Å². The first-order valence-corrected chi connectivity index (χ1v) is 7.44. The fourth-order valence-corrected chi connectivity index (χ4v) is 3.11. The van der Waals surface area contributed by atoms with Gasteiger partial charge in [-0.25, -0.2) is 0 Å². The van der Waals surface area contributed by atoms with E-state index in [0.29, 0.717) is 0 Å². The summed E-state index contributed by atoms with van der Waals surface area (Å²) in [7, 11) is 1.77. The van der Waals surface area contributed by atoms with Gasteiger partial charge in [-0.15, -0.1) is 0 Å². The molecule has 2 aromatic rings. The van der Waals surface area contributed by atoms with Crippen molar-refractivity contribution in [1.82, 2.24) is 0 Å². The second kappa shape index (κ2) is 6.38. The smallest absolute Gasteiger partial charge is 0.0826 e. The average Bonchev–Trinajstić information content (AvgIpc) is 2.50. The number of hydrogen-bond acceptors (Lipinski definition) is 2. The van der Waals surface area contributed by atoms with Gasteiger partial charge in [0.2, 0.25) is 0 Å². The van der Waals surface area contributed by atoms with Gasteiger partial charge in [0.25, 0.3) is 0 Å². The SMILES string of the molecule is CCC(CC)(OC)C(N)Cc1cccc2ccccc12. The van der Waals surface area contributed by atoms with Gasteiger partial charge < -0.3 is 10.5 Å². The van der Waals surface area contributed by atoms with Crippen molar-refractivity contribution in [2.45, 2.75) is 44.8 Å². The number of rotatable bonds is 6. The van der Waals surface area contributed by atoms with Crippen LogP contribution in [0.25, 0.3) is 10.8 Å². The van der Waals surface area contributed by atoms with E-state index in [4.69, 9.17) is 10.5 Å². The van der Waals surface area contributed by atoms with Crippen LogP contribution < -0.4 is 5.73 Å². The number of nitrogens with two attached hydrogens (primary N) is 1. The Morgan fingerprint density at radius 2 is 1.70 bits per heavy atom. The number of fused-ring (bicyclic) bond motifs is 1. The van der Waals surface area contributed by atoms with Crippen molar-refractivity contribution >= 4 is 10.8 Å². The Balaban J connectivity index is 2.32. The van der Waals surface area contributed by atoms with Crippen LogP contribution in [0.2, 0.25) is 0 Å². The van der Waals surface area contributed by atoms with E-state index in [-0.39, 0.29) is 11.6 Å². The topological polar surface area (TPSA) is 35.2 Å². The summed E-state index contributed by atoms with van der Waals surface area (Å²) in [4.78, 5) is 0. The third kappa shape index (κ3) is 2.72. The molecule has 0 radical (unpaired) electrons. The van der Waals surface area contributed by atoms with E-state index >= 15 is 0 Å². The maximum absolute atomic E-state index is 6.48. The molecule has 0 heterocycles. The lowest BCUT2D eigenvalue weighted by molar-refractivity contribution is -0.0373. The van der Waals surface area contributed by atoms with Gasteiger partial charge in [-0.05, 0) is 35.6 Å². The quantitative estimate of drug-likeness (QED) is 0.864. The van der Waals surface area contributed by atoms with Gasteiger partial charge >= 0.3 is 0 Å². The Labute approximate surface area is 121 Å². The Bertz CT molecular complexity index is 547. The molecule has 1 unspecified atom stereocenters. The summed E-state index contributed by atoms with van der Waals surface area (Å²) in [6.07, 6.45) is 2.72. The first-order chi connectivity index (χ1) is 9.66. The first-order valence-electron chi connectivity index (χ1n) is 7.44. The second-order valence-corrected chi connectivity index (χ2v) is 5.42. The highest BCUT2D eigenvalue weighted by Crippen LogP contribution is 2.27. The largest absolute Gasteiger partial charge is 0.377 e. The normalized spacial score (nSPS) is 13.6. The van der Waals surface area contributed by atoms with Crippen LogP contribution in [-0.2, 0) is 11.2 Å². The van der Waals surface area contributed by atoms with Crippen LogP contribution in [0.5, 0.6) is 0 Å². The van der Waals surface area contributed by atoms with Crippen LogP contribution in [0.1, 0.15) is 32.3 Å². The Morgan fingerprint density at radius 1 is 1.05 bits per heavy atom. The highest BCUT2D eigenvalue weighted by Gasteiger charge is 2.33. The van der Waals surface area contributed by atoms with Crippen molar-refractivity contribution in [3.63, 3.8) is 0 Å². The van der Waals surface area contributed by atoms with Crippen molar-refractivity contribution in [3.8, 4) is 0 Å². The van der Waals surface area contributed by atoms with Crippen molar-refractivity contribution in [2.24, 2.45) is 5.73 Å². The van der Waals surface area contributed by atoms with Gasteiger partial charge in [0.05, 0.1) is 5.60 Å². The summed E-state index contributed by atoms with van der Waals surface area (Å²) in [5, 5.41) is 2.57. The fourth-order valence-electron chi connectivity index (χ4n) is 3.11. The molecule has 0 saturated heterocycles. The van der Waals surface area contributed by atoms with Crippen LogP contribution >= 0.6 is 0 Å². The van der Waals surface area contributed by atoms with Gasteiger partial charge in [0, 0.05) is 13.2 Å². The zero-order valence-corrected chi connectivity index (χ0v) is 12.7. The van der Waals surface area contributed by atoms with Crippen molar-refractivity contribution < 1.29 is 4.74 Å². The highest BCUT2D eigenvalue weighted by atomic mass is 16.5. The summed E-state index contributed by atoms with van der Waals surface area (Å²) in [5.41, 5.74) is 7.56. The molecule has 2 nitrogen and oxygen atoms in total. The zero-order chi connectivity index (χ0) is 14.6. The first kappa shape index (κ1) is 15.0. The van der Waals surface area contributed by atoms with Crippen LogP contribution in [0.3, 0.4) is 0 Å². The molecule has 0 aliphatic heterocycles. The standard InChI is InChI=1S/C18H25NO/c1-4-18(5-2,20-3)17(19)13-15-11-8-10-14-9-6-7-12-16(14)15/h6-12,17H,4-5,13,19H2,1-3H3. The van der Waals surface area contributed by atoms with E-state index in [1.165, 1.54) is 16.3 Å². The van der Waals surface area contributed by atoms with Crippen LogP contribution in [0.4, 0.5) is 0 Å². The predicted molar refractivity (Wildman–Crippen MR) is 85.9 cm³/mol. The van der Waals surface area contributed by atoms with Crippen molar-refractivity contribution in [3.05, 3.63) is 48.0 Å². The number of ether oxygens (including phenoxy) is 1. The minimum atomic E-state index is -0.225. The van der Waals surface area contributed by atoms with Gasteiger partial charge in [0.15, 0.2) is 0 Å². The molecule has 2 N–H and O–H groups in total. The zero-order valence-electron chi connectivity index (χ0n) is 12.7. The summed E-state index contributed by atoms with van der Waals surface area (Å²) < 4.78 is 5.76. The second-order valence-electron chi connectivity index (χ2n) is 5.42. The molecule has 0 fully saturated rings. The van der Waals surface area contributed by atoms with E-state index in [0.717, 1.165) is 19.3 Å². The summed E-state index contributed by atoms with van der Waals surface area (Å²) in [6.45, 7) is 4.30. The molecule has 0 bridgehead atoms. The molecule has 2 rings (SSSR count). The molecule has 0 spiro atoms. The Kier molecular flexibility index (Phi) is 4.79. The minimum Gasteiger partial charge on any atom is -0.377 e. The number of hydrogen-bond donors (Lipinski definition) is 1. The number of benzene rings is 2. The van der Waals surface area contributed by atoms with Gasteiger partial charge in [-0.1, -0.05) is 56.3 Å². The Hall–Kier alpha value is -1.38. The van der Waals surface area contributed by atoms with Gasteiger partial charge in [-0.2, -0.15) is 0 Å². The third-order valence-electron chi connectivity index (χ3n) is 4.60. The van der Waals surface area contributed by atoms with Crippen LogP contribution in [0.15, 0.2) is 42.5 Å². The fraction of sp³-hybridized carbons (Fsp3) is 0.444. The monoisotopic (exact) mass is 271 g/mol. The lowest BCUT2D eigenvalue weighted by Gasteiger charge is -2.36. The molecule has 2 heteroatoms. The van der Waals surface area contributed by atoms with Crippen LogP contribution in [-0.4, -0.2) is 18.8 Å². The van der Waals surface area contributed by atoms with E-state index in [1.807, 2.05) is 0 Å². The molecule has 0 amide bonds. The predicted octanol–water partition coefficient (Wildman–Crippen LogP) is 3.91. The minimum absolute atomic E-state index is 0.00769. The maximum Gasteiger partial charge on any atom is 0.0826 e. The summed E-state index contributed by atoms with van der Waals surface area (Å²) >= 11 is 0. The molecule has 0 aliphatic carbocycles. The van der Waals surface area contributed by atoms with E-state index in [9.17, 15) is 0 Å². The lowest BCUT2D eigenvalue weighted by atomic mass is 9.84. The summed E-state index contributed by atoms with van der Waals surface area (Å²) in [5.74, 6) is 0. The van der Waals surface area contributed by atoms with E-state index in [2.05, 4.69) is 56.3 Å². The highest BCUT2D eigenvalue weighted by molar-refractivity contribution is 5.85. The molecule has 2 aromatic carbocycles. The average molecular weight is 271 g/mol. The number of methoxy groups -OCH3 is 1. The molecular formula is C18H25NO. The summed E-state index contributed by atoms with van der Waals surface area (Å²) in [6, 6.07) is 14.9. The van der Waals surface area contributed by atoms with Crippen molar-refractivity contribution in [2.75, 3.05) is 7.11 Å². The third-order valence-corrected chi connectivity index (χ3v) is 4.60.